The number of nitrogens with zero attached hydrogens (tertiary/aromatic N) is 2. The van der Waals surface area contributed by atoms with Crippen molar-refractivity contribution in [1.82, 2.24) is 9.21 Å². The standard InChI is InChI=1S/C13H22N2O4S/c1-9(2)5-15-11-6-14(20(17,18)10-3-4-10)7-12(11)19-8-13(15)16/h9-12H,3-8H2,1-2H3/t11-,12-/m1/s1. The maximum absolute atomic E-state index is 12.3. The SMILES string of the molecule is CC(C)CN1C(=O)CO[C@@H]2CN(S(=O)(=O)C3CC3)C[C@H]21. The first-order valence-electron chi connectivity index (χ1n) is 7.29. The van der Waals surface area contributed by atoms with Crippen LogP contribution in [0, 0.1) is 5.92 Å². The maximum Gasteiger partial charge on any atom is 0.248 e. The molecule has 0 aromatic rings. The Hall–Kier alpha value is -0.660. The minimum absolute atomic E-state index is 0.0226. The van der Waals surface area contributed by atoms with Gasteiger partial charge in [-0.25, -0.2) is 8.42 Å². The first-order chi connectivity index (χ1) is 9.39. The van der Waals surface area contributed by atoms with E-state index in [0.717, 1.165) is 12.8 Å². The maximum atomic E-state index is 12.3. The van der Waals surface area contributed by atoms with Crippen LogP contribution in [0.3, 0.4) is 0 Å². The number of carbonyl (C=O) groups is 1. The zero-order chi connectivity index (χ0) is 14.5. The van der Waals surface area contributed by atoms with E-state index in [2.05, 4.69) is 13.8 Å². The van der Waals surface area contributed by atoms with Gasteiger partial charge in [-0.15, -0.1) is 0 Å². The molecule has 3 aliphatic rings. The third-order valence-electron chi connectivity index (χ3n) is 4.21. The number of rotatable bonds is 4. The Morgan fingerprint density at radius 2 is 2.00 bits per heavy atom. The number of hydrogen-bond donors (Lipinski definition) is 0. The van der Waals surface area contributed by atoms with Crippen molar-refractivity contribution >= 4 is 15.9 Å². The van der Waals surface area contributed by atoms with Crippen LogP contribution >= 0.6 is 0 Å². The molecule has 1 saturated carbocycles. The zero-order valence-electron chi connectivity index (χ0n) is 12.0. The van der Waals surface area contributed by atoms with Gasteiger partial charge in [0.05, 0.1) is 17.4 Å². The van der Waals surface area contributed by atoms with Gasteiger partial charge in [-0.05, 0) is 18.8 Å². The Kier molecular flexibility index (Phi) is 3.54. The first kappa shape index (κ1) is 14.3. The second-order valence-corrected chi connectivity index (χ2v) is 8.63. The monoisotopic (exact) mass is 302 g/mol. The van der Waals surface area contributed by atoms with Crippen LogP contribution in [-0.2, 0) is 19.6 Å². The molecule has 2 heterocycles. The Bertz CT molecular complexity index is 501. The number of fused-ring (bicyclic) bond motifs is 1. The number of sulfonamides is 1. The molecule has 0 bridgehead atoms. The van der Waals surface area contributed by atoms with Crippen molar-refractivity contribution in [3.8, 4) is 0 Å². The number of hydrogen-bond acceptors (Lipinski definition) is 4. The number of carbonyl (C=O) groups excluding carboxylic acids is 1. The molecule has 0 aromatic carbocycles. The lowest BCUT2D eigenvalue weighted by Crippen LogP contribution is -2.55. The number of amides is 1. The molecule has 6 nitrogen and oxygen atoms in total. The molecule has 2 atom stereocenters. The molecule has 2 saturated heterocycles. The Morgan fingerprint density at radius 1 is 1.30 bits per heavy atom. The largest absolute Gasteiger partial charge is 0.365 e. The van der Waals surface area contributed by atoms with Crippen molar-refractivity contribution in [1.29, 1.82) is 0 Å². The summed E-state index contributed by atoms with van der Waals surface area (Å²) >= 11 is 0. The van der Waals surface area contributed by atoms with Crippen molar-refractivity contribution < 1.29 is 17.9 Å². The van der Waals surface area contributed by atoms with E-state index in [9.17, 15) is 13.2 Å². The first-order valence-corrected chi connectivity index (χ1v) is 8.80. The summed E-state index contributed by atoms with van der Waals surface area (Å²) in [6.07, 6.45) is 1.37. The molecule has 3 fully saturated rings. The highest BCUT2D eigenvalue weighted by atomic mass is 32.2. The molecule has 0 spiro atoms. The van der Waals surface area contributed by atoms with Crippen LogP contribution in [0.15, 0.2) is 0 Å². The lowest BCUT2D eigenvalue weighted by molar-refractivity contribution is -0.153. The van der Waals surface area contributed by atoms with Crippen LogP contribution in [0.1, 0.15) is 26.7 Å². The van der Waals surface area contributed by atoms with Crippen LogP contribution in [0.25, 0.3) is 0 Å². The van der Waals surface area contributed by atoms with Crippen molar-refractivity contribution in [3.05, 3.63) is 0 Å². The second kappa shape index (κ2) is 4.96. The smallest absolute Gasteiger partial charge is 0.248 e. The van der Waals surface area contributed by atoms with Gasteiger partial charge in [0.15, 0.2) is 0 Å². The summed E-state index contributed by atoms with van der Waals surface area (Å²) < 4.78 is 31.7. The van der Waals surface area contributed by atoms with Crippen LogP contribution < -0.4 is 0 Å². The van der Waals surface area contributed by atoms with E-state index in [4.69, 9.17) is 4.74 Å². The van der Waals surface area contributed by atoms with Crippen LogP contribution in [0.2, 0.25) is 0 Å². The molecular formula is C13H22N2O4S. The molecule has 1 aliphatic carbocycles. The van der Waals surface area contributed by atoms with E-state index >= 15 is 0 Å². The molecule has 20 heavy (non-hydrogen) atoms. The fourth-order valence-electron chi connectivity index (χ4n) is 3.05. The normalized spacial score (nSPS) is 31.9. The van der Waals surface area contributed by atoms with Crippen molar-refractivity contribution in [3.63, 3.8) is 0 Å². The number of ether oxygens (including phenoxy) is 1. The Morgan fingerprint density at radius 3 is 2.60 bits per heavy atom. The van der Waals surface area contributed by atoms with Crippen LogP contribution in [0.4, 0.5) is 0 Å². The average molecular weight is 302 g/mol. The predicted molar refractivity (Wildman–Crippen MR) is 73.6 cm³/mol. The molecule has 0 radical (unpaired) electrons. The van der Waals surface area contributed by atoms with E-state index in [1.54, 1.807) is 0 Å². The van der Waals surface area contributed by atoms with Crippen LogP contribution in [0.5, 0.6) is 0 Å². The molecule has 0 unspecified atom stereocenters. The highest BCUT2D eigenvalue weighted by Crippen LogP contribution is 2.35. The molecule has 2 aliphatic heterocycles. The highest BCUT2D eigenvalue weighted by molar-refractivity contribution is 7.90. The topological polar surface area (TPSA) is 66.9 Å². The lowest BCUT2D eigenvalue weighted by Gasteiger charge is -2.37. The third kappa shape index (κ3) is 2.46. The summed E-state index contributed by atoms with van der Waals surface area (Å²) in [4.78, 5) is 13.8. The molecule has 0 aromatic heterocycles. The van der Waals surface area contributed by atoms with Gasteiger partial charge in [0, 0.05) is 19.6 Å². The summed E-state index contributed by atoms with van der Waals surface area (Å²) in [5.41, 5.74) is 0. The van der Waals surface area contributed by atoms with Gasteiger partial charge in [-0.1, -0.05) is 13.8 Å². The van der Waals surface area contributed by atoms with E-state index in [0.29, 0.717) is 25.6 Å². The van der Waals surface area contributed by atoms with Crippen molar-refractivity contribution in [2.24, 2.45) is 5.92 Å². The van der Waals surface area contributed by atoms with Crippen LogP contribution in [-0.4, -0.2) is 67.2 Å². The summed E-state index contributed by atoms with van der Waals surface area (Å²) in [5.74, 6) is 0.345. The van der Waals surface area contributed by atoms with Gasteiger partial charge in [0.1, 0.15) is 6.61 Å². The molecule has 1 amide bonds. The predicted octanol–water partition coefficient (Wildman–Crippen LogP) is 0.0462. The summed E-state index contributed by atoms with van der Waals surface area (Å²) in [7, 11) is -3.18. The van der Waals surface area contributed by atoms with Gasteiger partial charge in [-0.2, -0.15) is 4.31 Å². The summed E-state index contributed by atoms with van der Waals surface area (Å²) in [6.45, 7) is 5.65. The highest BCUT2D eigenvalue weighted by Gasteiger charge is 2.50. The minimum Gasteiger partial charge on any atom is -0.365 e. The molecule has 3 rings (SSSR count). The minimum atomic E-state index is -3.18. The summed E-state index contributed by atoms with van der Waals surface area (Å²) in [6, 6.07) is -0.118. The van der Waals surface area contributed by atoms with Gasteiger partial charge >= 0.3 is 0 Å². The molecular weight excluding hydrogens is 280 g/mol. The molecule has 0 N–H and O–H groups in total. The van der Waals surface area contributed by atoms with Crippen molar-refractivity contribution in [2.75, 3.05) is 26.2 Å². The summed E-state index contributed by atoms with van der Waals surface area (Å²) in [5, 5.41) is -0.197. The van der Waals surface area contributed by atoms with E-state index in [-0.39, 0.29) is 29.9 Å². The third-order valence-corrected chi connectivity index (χ3v) is 6.54. The van der Waals surface area contributed by atoms with Gasteiger partial charge in [0.2, 0.25) is 15.9 Å². The van der Waals surface area contributed by atoms with E-state index in [1.165, 1.54) is 4.31 Å². The average Bonchev–Trinajstić information content (AvgIpc) is 3.13. The van der Waals surface area contributed by atoms with E-state index < -0.39 is 10.0 Å². The van der Waals surface area contributed by atoms with Gasteiger partial charge < -0.3 is 9.64 Å². The Balaban J connectivity index is 1.76. The lowest BCUT2D eigenvalue weighted by atomic mass is 10.1. The molecule has 114 valence electrons. The van der Waals surface area contributed by atoms with Gasteiger partial charge in [-0.3, -0.25) is 4.79 Å². The van der Waals surface area contributed by atoms with Gasteiger partial charge in [0.25, 0.3) is 0 Å². The Labute approximate surface area is 120 Å². The fraction of sp³-hybridized carbons (Fsp3) is 0.923. The zero-order valence-corrected chi connectivity index (χ0v) is 12.8. The quantitative estimate of drug-likeness (QED) is 0.736. The molecule has 7 heteroatoms. The van der Waals surface area contributed by atoms with Crippen molar-refractivity contribution in [2.45, 2.75) is 44.1 Å². The number of morpholine rings is 1. The van der Waals surface area contributed by atoms with E-state index in [1.807, 2.05) is 4.90 Å². The fourth-order valence-corrected chi connectivity index (χ4v) is 4.92. The second-order valence-electron chi connectivity index (χ2n) is 6.42.